The van der Waals surface area contributed by atoms with E-state index in [1.54, 1.807) is 17.6 Å². The fourth-order valence-corrected chi connectivity index (χ4v) is 6.41. The highest BCUT2D eigenvalue weighted by Gasteiger charge is 2.25. The minimum Gasteiger partial charge on any atom is -0.480 e. The number of hydrogen-bond donors (Lipinski definition) is 3. The molecule has 0 spiro atoms. The van der Waals surface area contributed by atoms with Crippen LogP contribution in [0.4, 0.5) is 34.5 Å². The van der Waals surface area contributed by atoms with Gasteiger partial charge in [0, 0.05) is 64.8 Å². The zero-order valence-electron chi connectivity index (χ0n) is 24.9. The molecule has 236 valence electrons. The van der Waals surface area contributed by atoms with E-state index in [2.05, 4.69) is 36.5 Å². The highest BCUT2D eigenvalue weighted by molar-refractivity contribution is 7.85. The van der Waals surface area contributed by atoms with Gasteiger partial charge in [-0.25, -0.2) is 9.19 Å². The van der Waals surface area contributed by atoms with Crippen molar-refractivity contribution in [1.82, 2.24) is 19.8 Å². The summed E-state index contributed by atoms with van der Waals surface area (Å²) in [7, 11) is 0.558. The van der Waals surface area contributed by atoms with Crippen molar-refractivity contribution >= 4 is 74.7 Å². The van der Waals surface area contributed by atoms with E-state index < -0.39 is 17.0 Å². The molecule has 3 N–H and O–H groups in total. The van der Waals surface area contributed by atoms with Crippen molar-refractivity contribution in [3.05, 3.63) is 58.7 Å². The molecule has 3 heterocycles. The first-order chi connectivity index (χ1) is 21.2. The summed E-state index contributed by atoms with van der Waals surface area (Å²) < 4.78 is 13.7. The molecule has 1 aromatic heterocycles. The first-order valence-corrected chi connectivity index (χ1v) is 16.9. The summed E-state index contributed by atoms with van der Waals surface area (Å²) >= 11 is 13.1. The zero-order chi connectivity index (χ0) is 31.2. The molecule has 0 bridgehead atoms. The van der Waals surface area contributed by atoms with Crippen LogP contribution in [0, 0.1) is 5.92 Å². The van der Waals surface area contributed by atoms with Crippen LogP contribution >= 0.6 is 23.2 Å². The van der Waals surface area contributed by atoms with Gasteiger partial charge in [-0.05, 0) is 49.1 Å². The number of hydrogen-bond acceptors (Lipinski definition) is 9. The number of benzene rings is 2. The molecule has 11 nitrogen and oxygen atoms in total. The first kappa shape index (κ1) is 32.2. The standard InChI is InChI=1S/C30H38Cl2N8O3S/c1-37(44(2)43)27-6-4-3-5-26(27)34-29-24(32)18-33-30(36-29)35-25-8-7-22(17-23(25)31)40-11-9-21(10-12-40)19-38-13-15-39(16-14-38)20-28(41)42/h3-8,17-18,21H,9-16,19-20H2,1-2H3,(H,41,42)(H2,33,34,35,36). The maximum absolute atomic E-state index is 12.1. The van der Waals surface area contributed by atoms with Crippen molar-refractivity contribution in [3.63, 3.8) is 0 Å². The van der Waals surface area contributed by atoms with E-state index in [1.165, 1.54) is 6.20 Å². The van der Waals surface area contributed by atoms with Gasteiger partial charge in [-0.15, -0.1) is 0 Å². The Morgan fingerprint density at radius 2 is 1.70 bits per heavy atom. The number of aliphatic carboxylic acids is 1. The number of piperazine rings is 1. The van der Waals surface area contributed by atoms with Crippen LogP contribution in [0.3, 0.4) is 0 Å². The van der Waals surface area contributed by atoms with Crippen LogP contribution in [0.25, 0.3) is 0 Å². The molecule has 0 aliphatic carbocycles. The highest BCUT2D eigenvalue weighted by atomic mass is 35.5. The minimum atomic E-state index is -1.20. The lowest BCUT2D eigenvalue weighted by atomic mass is 9.95. The van der Waals surface area contributed by atoms with Gasteiger partial charge >= 0.3 is 5.97 Å². The number of rotatable bonds is 11. The number of carboxylic acids is 1. The van der Waals surface area contributed by atoms with E-state index in [0.29, 0.717) is 39.1 Å². The number of nitrogens with one attached hydrogen (secondary N) is 2. The number of piperidine rings is 1. The molecular formula is C30H38Cl2N8O3S. The summed E-state index contributed by atoms with van der Waals surface area (Å²) in [6.45, 7) is 6.61. The largest absolute Gasteiger partial charge is 0.480 e. The van der Waals surface area contributed by atoms with Crippen LogP contribution < -0.4 is 19.8 Å². The number of halogens is 2. The van der Waals surface area contributed by atoms with Crippen molar-refractivity contribution < 1.29 is 14.1 Å². The van der Waals surface area contributed by atoms with Crippen LogP contribution in [0.1, 0.15) is 12.8 Å². The molecule has 0 amide bonds. The summed E-state index contributed by atoms with van der Waals surface area (Å²) in [6.07, 6.45) is 5.35. The number of carbonyl (C=O) groups is 1. The van der Waals surface area contributed by atoms with Gasteiger partial charge in [0.05, 0.1) is 34.8 Å². The van der Waals surface area contributed by atoms with Crippen molar-refractivity contribution in [2.45, 2.75) is 12.8 Å². The van der Waals surface area contributed by atoms with Crippen LogP contribution in [0.2, 0.25) is 10.0 Å². The summed E-state index contributed by atoms with van der Waals surface area (Å²) in [6, 6.07) is 13.5. The Hall–Kier alpha value is -3.16. The van der Waals surface area contributed by atoms with Gasteiger partial charge in [0.25, 0.3) is 0 Å². The molecule has 2 fully saturated rings. The quantitative estimate of drug-likeness (QED) is 0.262. The minimum absolute atomic E-state index is 0.130. The van der Waals surface area contributed by atoms with Crippen LogP contribution in [0.5, 0.6) is 0 Å². The van der Waals surface area contributed by atoms with Gasteiger partial charge in [0.2, 0.25) is 5.95 Å². The molecule has 3 aromatic rings. The molecular weight excluding hydrogens is 623 g/mol. The summed E-state index contributed by atoms with van der Waals surface area (Å²) in [4.78, 5) is 26.7. The fourth-order valence-electron chi connectivity index (χ4n) is 5.62. The molecule has 14 heteroatoms. The predicted molar refractivity (Wildman–Crippen MR) is 179 cm³/mol. The van der Waals surface area contributed by atoms with Gasteiger partial charge in [-0.2, -0.15) is 4.98 Å². The average molecular weight is 662 g/mol. The summed E-state index contributed by atoms with van der Waals surface area (Å²) in [5, 5.41) is 16.4. The topological polar surface area (TPSA) is 117 Å². The molecule has 5 rings (SSSR count). The van der Waals surface area contributed by atoms with Gasteiger partial charge in [-0.3, -0.25) is 14.0 Å². The molecule has 0 radical (unpaired) electrons. The Morgan fingerprint density at radius 1 is 1.00 bits per heavy atom. The van der Waals surface area contributed by atoms with Crippen molar-refractivity contribution in [2.24, 2.45) is 5.92 Å². The maximum Gasteiger partial charge on any atom is 0.317 e. The van der Waals surface area contributed by atoms with Crippen LogP contribution in [-0.4, -0.2) is 101 Å². The Bertz CT molecular complexity index is 1480. The maximum atomic E-state index is 12.1. The van der Waals surface area contributed by atoms with Crippen molar-refractivity contribution in [2.75, 3.05) is 85.5 Å². The Labute approximate surface area is 270 Å². The van der Waals surface area contributed by atoms with Crippen LogP contribution in [-0.2, 0) is 15.8 Å². The summed E-state index contributed by atoms with van der Waals surface area (Å²) in [5.41, 5.74) is 3.22. The molecule has 2 aromatic carbocycles. The molecule has 1 atom stereocenters. The monoisotopic (exact) mass is 660 g/mol. The molecule has 1 unspecified atom stereocenters. The second-order valence-corrected chi connectivity index (χ2v) is 13.4. The third-order valence-electron chi connectivity index (χ3n) is 8.15. The number of para-hydroxylation sites is 2. The van der Waals surface area contributed by atoms with Gasteiger partial charge in [0.15, 0.2) is 5.82 Å². The summed E-state index contributed by atoms with van der Waals surface area (Å²) in [5.74, 6) is 0.620. The molecule has 2 aliphatic rings. The lowest BCUT2D eigenvalue weighted by Gasteiger charge is -2.39. The van der Waals surface area contributed by atoms with E-state index in [9.17, 15) is 9.00 Å². The molecule has 2 aliphatic heterocycles. The smallest absolute Gasteiger partial charge is 0.317 e. The second kappa shape index (κ2) is 14.7. The second-order valence-electron chi connectivity index (χ2n) is 11.1. The van der Waals surface area contributed by atoms with Crippen LogP contribution in [0.15, 0.2) is 48.7 Å². The first-order valence-electron chi connectivity index (χ1n) is 14.6. The Balaban J connectivity index is 1.17. The van der Waals surface area contributed by atoms with Crippen molar-refractivity contribution in [3.8, 4) is 0 Å². The highest BCUT2D eigenvalue weighted by Crippen LogP contribution is 2.34. The molecule has 0 saturated carbocycles. The van der Waals surface area contributed by atoms with Gasteiger partial charge in [-0.1, -0.05) is 35.3 Å². The molecule has 44 heavy (non-hydrogen) atoms. The normalized spacial score (nSPS) is 17.3. The van der Waals surface area contributed by atoms with Crippen molar-refractivity contribution in [1.29, 1.82) is 0 Å². The lowest BCUT2D eigenvalue weighted by Crippen LogP contribution is -2.49. The number of aromatic nitrogens is 2. The predicted octanol–water partition coefficient (Wildman–Crippen LogP) is 4.92. The van der Waals surface area contributed by atoms with Gasteiger partial charge < -0.3 is 25.5 Å². The van der Waals surface area contributed by atoms with E-state index in [4.69, 9.17) is 28.3 Å². The SMILES string of the molecule is CN(c1ccccc1Nc1nc(Nc2ccc(N3CCC(CN4CCN(CC(=O)O)CC4)CC3)cc2Cl)ncc1Cl)S(C)=O. The van der Waals surface area contributed by atoms with E-state index >= 15 is 0 Å². The number of carboxylic acid groups (broad SMARTS) is 1. The lowest BCUT2D eigenvalue weighted by molar-refractivity contribution is -0.138. The van der Waals surface area contributed by atoms with E-state index in [0.717, 1.165) is 70.0 Å². The van der Waals surface area contributed by atoms with Gasteiger partial charge in [0.1, 0.15) is 16.0 Å². The number of nitrogens with zero attached hydrogens (tertiary/aromatic N) is 6. The number of anilines is 6. The third kappa shape index (κ3) is 8.30. The fraction of sp³-hybridized carbons (Fsp3) is 0.433. The third-order valence-corrected chi connectivity index (χ3v) is 9.70. The van der Waals surface area contributed by atoms with E-state index in [-0.39, 0.29) is 6.54 Å². The Kier molecular flexibility index (Phi) is 10.8. The Morgan fingerprint density at radius 3 is 2.39 bits per heavy atom. The zero-order valence-corrected chi connectivity index (χ0v) is 27.2. The molecule has 2 saturated heterocycles. The van der Waals surface area contributed by atoms with E-state index in [1.807, 2.05) is 41.3 Å². The average Bonchev–Trinajstić information content (AvgIpc) is 3.01.